The first kappa shape index (κ1) is 18.7. The van der Waals surface area contributed by atoms with Gasteiger partial charge in [-0.25, -0.2) is 19.3 Å². The average Bonchev–Trinajstić information content (AvgIpc) is 2.69. The molecule has 0 unspecified atom stereocenters. The molecule has 0 bridgehead atoms. The lowest BCUT2D eigenvalue weighted by molar-refractivity contribution is -0.137. The first-order chi connectivity index (χ1) is 13.8. The van der Waals surface area contributed by atoms with E-state index < -0.39 is 17.6 Å². The van der Waals surface area contributed by atoms with E-state index in [1.54, 1.807) is 25.1 Å². The number of alkyl halides is 3. The summed E-state index contributed by atoms with van der Waals surface area (Å²) in [6.07, 6.45) is -1.20. The number of rotatable bonds is 3. The number of anilines is 2. The van der Waals surface area contributed by atoms with Crippen LogP contribution in [0.5, 0.6) is 0 Å². The van der Waals surface area contributed by atoms with E-state index in [0.29, 0.717) is 28.0 Å². The molecular formula is C20H13F4N5. The summed E-state index contributed by atoms with van der Waals surface area (Å²) in [7, 11) is 0. The van der Waals surface area contributed by atoms with Crippen LogP contribution in [0.2, 0.25) is 0 Å². The van der Waals surface area contributed by atoms with Gasteiger partial charge in [-0.1, -0.05) is 12.1 Å². The molecule has 1 aromatic carbocycles. The van der Waals surface area contributed by atoms with E-state index in [1.807, 2.05) is 0 Å². The minimum atomic E-state index is -4.45. The molecule has 29 heavy (non-hydrogen) atoms. The maximum Gasteiger partial charge on any atom is 0.417 e. The number of pyridine rings is 2. The first-order valence-corrected chi connectivity index (χ1v) is 8.49. The lowest BCUT2D eigenvalue weighted by Crippen LogP contribution is -2.06. The standard InChI is InChI=1S/C20H13F4N5/c1-11-18(13-3-2-12-6-15(21)9-25-16(12)7-13)27-10-28-19(11)29-17-5-4-14(8-26-17)20(22,23)24/h2-10H,1H3,(H,26,27,28,29). The van der Waals surface area contributed by atoms with Crippen molar-refractivity contribution in [3.05, 3.63) is 72.1 Å². The third-order valence-corrected chi connectivity index (χ3v) is 4.35. The summed E-state index contributed by atoms with van der Waals surface area (Å²) in [4.78, 5) is 16.3. The lowest BCUT2D eigenvalue weighted by Gasteiger charge is -2.12. The fourth-order valence-electron chi connectivity index (χ4n) is 2.87. The number of nitrogens with zero attached hydrogens (tertiary/aromatic N) is 4. The van der Waals surface area contributed by atoms with Crippen molar-refractivity contribution in [2.24, 2.45) is 0 Å². The van der Waals surface area contributed by atoms with Crippen molar-refractivity contribution in [1.82, 2.24) is 19.9 Å². The van der Waals surface area contributed by atoms with Gasteiger partial charge in [-0.3, -0.25) is 4.98 Å². The predicted octanol–water partition coefficient (Wildman–Crippen LogP) is 5.30. The fourth-order valence-corrected chi connectivity index (χ4v) is 2.87. The molecule has 0 saturated heterocycles. The van der Waals surface area contributed by atoms with Gasteiger partial charge < -0.3 is 5.32 Å². The van der Waals surface area contributed by atoms with Gasteiger partial charge in [-0.05, 0) is 31.2 Å². The van der Waals surface area contributed by atoms with Crippen LogP contribution >= 0.6 is 0 Å². The highest BCUT2D eigenvalue weighted by molar-refractivity contribution is 5.84. The predicted molar refractivity (Wildman–Crippen MR) is 100.0 cm³/mol. The van der Waals surface area contributed by atoms with Gasteiger partial charge in [0.15, 0.2) is 0 Å². The summed E-state index contributed by atoms with van der Waals surface area (Å²) in [5.74, 6) is 0.217. The normalized spacial score (nSPS) is 11.6. The van der Waals surface area contributed by atoms with Gasteiger partial charge in [0.1, 0.15) is 23.8 Å². The molecule has 0 radical (unpaired) electrons. The van der Waals surface area contributed by atoms with E-state index in [4.69, 9.17) is 0 Å². The molecule has 0 saturated carbocycles. The number of hydrogen-bond acceptors (Lipinski definition) is 5. The highest BCUT2D eigenvalue weighted by atomic mass is 19.4. The molecule has 4 aromatic rings. The number of nitrogens with one attached hydrogen (secondary N) is 1. The van der Waals surface area contributed by atoms with Gasteiger partial charge in [-0.15, -0.1) is 0 Å². The minimum absolute atomic E-state index is 0.224. The van der Waals surface area contributed by atoms with Crippen LogP contribution in [0.3, 0.4) is 0 Å². The largest absolute Gasteiger partial charge is 0.417 e. The van der Waals surface area contributed by atoms with Crippen molar-refractivity contribution in [3.8, 4) is 11.3 Å². The van der Waals surface area contributed by atoms with E-state index in [-0.39, 0.29) is 5.82 Å². The number of fused-ring (bicyclic) bond motifs is 1. The highest BCUT2D eigenvalue weighted by Gasteiger charge is 2.30. The van der Waals surface area contributed by atoms with Crippen LogP contribution < -0.4 is 5.32 Å². The average molecular weight is 399 g/mol. The zero-order chi connectivity index (χ0) is 20.6. The van der Waals surface area contributed by atoms with E-state index in [0.717, 1.165) is 24.0 Å². The molecular weight excluding hydrogens is 386 g/mol. The van der Waals surface area contributed by atoms with Gasteiger partial charge in [0, 0.05) is 22.7 Å². The molecule has 0 amide bonds. The minimum Gasteiger partial charge on any atom is -0.325 e. The zero-order valence-electron chi connectivity index (χ0n) is 15.0. The Kier molecular flexibility index (Phi) is 4.57. The number of benzene rings is 1. The van der Waals surface area contributed by atoms with E-state index in [9.17, 15) is 17.6 Å². The summed E-state index contributed by atoms with van der Waals surface area (Å²) in [6, 6.07) is 8.89. The number of halogens is 4. The SMILES string of the molecule is Cc1c(Nc2ccc(C(F)(F)F)cn2)ncnc1-c1ccc2cc(F)cnc2c1. The smallest absolute Gasteiger partial charge is 0.325 e. The molecule has 3 heterocycles. The van der Waals surface area contributed by atoms with Crippen LogP contribution in [0.15, 0.2) is 55.1 Å². The summed E-state index contributed by atoms with van der Waals surface area (Å²) in [5, 5.41) is 3.57. The van der Waals surface area contributed by atoms with Crippen LogP contribution in [0.4, 0.5) is 29.2 Å². The summed E-state index contributed by atoms with van der Waals surface area (Å²) in [6.45, 7) is 1.78. The Morgan fingerprint density at radius 3 is 2.45 bits per heavy atom. The van der Waals surface area contributed by atoms with Gasteiger partial charge in [0.25, 0.3) is 0 Å². The number of hydrogen-bond donors (Lipinski definition) is 1. The molecule has 3 aromatic heterocycles. The third kappa shape index (κ3) is 3.84. The van der Waals surface area contributed by atoms with Crippen molar-refractivity contribution in [2.45, 2.75) is 13.1 Å². The summed E-state index contributed by atoms with van der Waals surface area (Å²) in [5.41, 5.74) is 1.82. The lowest BCUT2D eigenvalue weighted by atomic mass is 10.0. The van der Waals surface area contributed by atoms with Crippen molar-refractivity contribution in [1.29, 1.82) is 0 Å². The maximum atomic E-state index is 13.3. The van der Waals surface area contributed by atoms with Crippen LogP contribution in [-0.4, -0.2) is 19.9 Å². The van der Waals surface area contributed by atoms with E-state index in [1.165, 1.54) is 18.5 Å². The van der Waals surface area contributed by atoms with Gasteiger partial charge in [0.05, 0.1) is 23.0 Å². The topological polar surface area (TPSA) is 63.6 Å². The summed E-state index contributed by atoms with van der Waals surface area (Å²) >= 11 is 0. The molecule has 0 spiro atoms. The Bertz CT molecular complexity index is 1190. The molecule has 0 fully saturated rings. The van der Waals surface area contributed by atoms with Crippen molar-refractivity contribution < 1.29 is 17.6 Å². The third-order valence-electron chi connectivity index (χ3n) is 4.35. The van der Waals surface area contributed by atoms with Crippen molar-refractivity contribution in [2.75, 3.05) is 5.32 Å². The van der Waals surface area contributed by atoms with Crippen molar-refractivity contribution >= 4 is 22.5 Å². The molecule has 4 rings (SSSR count). The molecule has 146 valence electrons. The van der Waals surface area contributed by atoms with Crippen LogP contribution in [-0.2, 0) is 6.18 Å². The summed E-state index contributed by atoms with van der Waals surface area (Å²) < 4.78 is 51.3. The zero-order valence-corrected chi connectivity index (χ0v) is 15.0. The molecule has 5 nitrogen and oxygen atoms in total. The molecule has 1 N–H and O–H groups in total. The molecule has 0 atom stereocenters. The first-order valence-electron chi connectivity index (χ1n) is 8.49. The maximum absolute atomic E-state index is 13.3. The van der Waals surface area contributed by atoms with Crippen LogP contribution in [0.1, 0.15) is 11.1 Å². The fraction of sp³-hybridized carbons (Fsp3) is 0.100. The molecule has 0 aliphatic carbocycles. The monoisotopic (exact) mass is 399 g/mol. The second kappa shape index (κ2) is 7.08. The van der Waals surface area contributed by atoms with E-state index in [2.05, 4.69) is 25.3 Å². The molecule has 0 aliphatic heterocycles. The van der Waals surface area contributed by atoms with E-state index >= 15 is 0 Å². The molecule has 0 aliphatic rings. The van der Waals surface area contributed by atoms with Gasteiger partial charge in [-0.2, -0.15) is 13.2 Å². The van der Waals surface area contributed by atoms with Crippen LogP contribution in [0.25, 0.3) is 22.2 Å². The quantitative estimate of drug-likeness (QED) is 0.474. The Labute approximate surface area is 162 Å². The Hall–Kier alpha value is -3.62. The van der Waals surface area contributed by atoms with Gasteiger partial charge in [0.2, 0.25) is 0 Å². The van der Waals surface area contributed by atoms with Crippen molar-refractivity contribution in [3.63, 3.8) is 0 Å². The molecule has 9 heteroatoms. The second-order valence-electron chi connectivity index (χ2n) is 6.31. The Morgan fingerprint density at radius 1 is 0.897 bits per heavy atom. The Balaban J connectivity index is 1.66. The van der Waals surface area contributed by atoms with Crippen LogP contribution in [0, 0.1) is 12.7 Å². The van der Waals surface area contributed by atoms with Gasteiger partial charge >= 0.3 is 6.18 Å². The second-order valence-corrected chi connectivity index (χ2v) is 6.31. The number of aromatic nitrogens is 4. The Morgan fingerprint density at radius 2 is 1.72 bits per heavy atom. The highest BCUT2D eigenvalue weighted by Crippen LogP contribution is 2.31.